The van der Waals surface area contributed by atoms with Gasteiger partial charge in [-0.25, -0.2) is 0 Å². The number of rotatable bonds is 9. The van der Waals surface area contributed by atoms with E-state index in [-0.39, 0.29) is 18.6 Å². The molecular formula is C16H25NO3. The number of ether oxygens (including phenoxy) is 1. The highest BCUT2D eigenvalue weighted by Gasteiger charge is 2.06. The Morgan fingerprint density at radius 1 is 1.25 bits per heavy atom. The largest absolute Gasteiger partial charge is 0.491 e. The van der Waals surface area contributed by atoms with E-state index >= 15 is 0 Å². The second-order valence-electron chi connectivity index (χ2n) is 5.09. The normalized spacial score (nSPS) is 10.6. The van der Waals surface area contributed by atoms with Gasteiger partial charge in [-0.2, -0.15) is 0 Å². The lowest BCUT2D eigenvalue weighted by atomic mass is 10.2. The fraction of sp³-hybridized carbons (Fsp3) is 0.562. The van der Waals surface area contributed by atoms with Crippen molar-refractivity contribution in [3.05, 3.63) is 29.8 Å². The van der Waals surface area contributed by atoms with E-state index in [1.54, 1.807) is 12.1 Å². The molecule has 4 nitrogen and oxygen atoms in total. The fourth-order valence-corrected chi connectivity index (χ4v) is 1.88. The first-order chi connectivity index (χ1) is 9.63. The second kappa shape index (κ2) is 9.37. The van der Waals surface area contributed by atoms with Gasteiger partial charge in [0.2, 0.25) is 0 Å². The summed E-state index contributed by atoms with van der Waals surface area (Å²) in [6.45, 7) is 4.83. The van der Waals surface area contributed by atoms with Crippen LogP contribution >= 0.6 is 0 Å². The molecule has 0 bridgehead atoms. The van der Waals surface area contributed by atoms with E-state index in [0.717, 1.165) is 31.4 Å². The van der Waals surface area contributed by atoms with Gasteiger partial charge in [0.1, 0.15) is 5.75 Å². The van der Waals surface area contributed by atoms with Gasteiger partial charge in [-0.1, -0.05) is 18.9 Å². The second-order valence-corrected chi connectivity index (χ2v) is 5.09. The molecule has 0 aliphatic carbocycles. The zero-order valence-corrected chi connectivity index (χ0v) is 12.4. The number of nitrogens with one attached hydrogen (secondary N) is 1. The lowest BCUT2D eigenvalue weighted by Crippen LogP contribution is -2.24. The number of aliphatic hydroxyl groups is 1. The van der Waals surface area contributed by atoms with Crippen molar-refractivity contribution in [2.45, 2.75) is 45.6 Å². The number of hydrogen-bond donors (Lipinski definition) is 2. The molecule has 0 saturated carbocycles. The lowest BCUT2D eigenvalue weighted by molar-refractivity contribution is 0.0952. The lowest BCUT2D eigenvalue weighted by Gasteiger charge is -2.11. The number of hydrogen-bond acceptors (Lipinski definition) is 3. The van der Waals surface area contributed by atoms with Crippen LogP contribution in [0, 0.1) is 0 Å². The van der Waals surface area contributed by atoms with Crippen LogP contribution in [0.5, 0.6) is 5.75 Å². The average molecular weight is 279 g/mol. The van der Waals surface area contributed by atoms with E-state index in [1.165, 1.54) is 0 Å². The van der Waals surface area contributed by atoms with Crippen molar-refractivity contribution in [3.8, 4) is 5.75 Å². The first-order valence-electron chi connectivity index (χ1n) is 7.29. The van der Waals surface area contributed by atoms with Crippen molar-refractivity contribution >= 4 is 5.91 Å². The van der Waals surface area contributed by atoms with Crippen LogP contribution in [-0.2, 0) is 0 Å². The Balaban J connectivity index is 2.35. The Bertz CT molecular complexity index is 404. The Kier molecular flexibility index (Phi) is 7.73. The maximum Gasteiger partial charge on any atom is 0.251 e. The summed E-state index contributed by atoms with van der Waals surface area (Å²) in [5.41, 5.74) is 0.624. The van der Waals surface area contributed by atoms with E-state index in [9.17, 15) is 4.79 Å². The monoisotopic (exact) mass is 279 g/mol. The maximum absolute atomic E-state index is 12.0. The molecule has 0 fully saturated rings. The summed E-state index contributed by atoms with van der Waals surface area (Å²) in [5.74, 6) is 0.650. The molecule has 0 aliphatic rings. The summed E-state index contributed by atoms with van der Waals surface area (Å²) >= 11 is 0. The molecular weight excluding hydrogens is 254 g/mol. The van der Waals surface area contributed by atoms with E-state index in [4.69, 9.17) is 9.84 Å². The van der Waals surface area contributed by atoms with Gasteiger partial charge >= 0.3 is 0 Å². The van der Waals surface area contributed by atoms with Gasteiger partial charge < -0.3 is 15.2 Å². The molecule has 0 radical (unpaired) electrons. The molecule has 1 aromatic rings. The van der Waals surface area contributed by atoms with Crippen molar-refractivity contribution in [1.82, 2.24) is 5.32 Å². The van der Waals surface area contributed by atoms with Gasteiger partial charge in [0.05, 0.1) is 6.10 Å². The quantitative estimate of drug-likeness (QED) is 0.683. The van der Waals surface area contributed by atoms with Crippen LogP contribution in [0.25, 0.3) is 0 Å². The number of carbonyl (C=O) groups excluding carboxylic acids is 1. The van der Waals surface area contributed by atoms with Crippen molar-refractivity contribution in [3.63, 3.8) is 0 Å². The van der Waals surface area contributed by atoms with Crippen LogP contribution in [0.15, 0.2) is 24.3 Å². The van der Waals surface area contributed by atoms with Gasteiger partial charge in [0, 0.05) is 18.7 Å². The number of amides is 1. The molecule has 20 heavy (non-hydrogen) atoms. The maximum atomic E-state index is 12.0. The molecule has 2 N–H and O–H groups in total. The fourth-order valence-electron chi connectivity index (χ4n) is 1.88. The number of benzene rings is 1. The van der Waals surface area contributed by atoms with Gasteiger partial charge in [-0.15, -0.1) is 0 Å². The van der Waals surface area contributed by atoms with Crippen molar-refractivity contribution in [2.75, 3.05) is 13.2 Å². The van der Waals surface area contributed by atoms with E-state index in [1.807, 2.05) is 26.0 Å². The molecule has 0 saturated heterocycles. The van der Waals surface area contributed by atoms with Crippen molar-refractivity contribution < 1.29 is 14.6 Å². The number of unbranched alkanes of at least 4 members (excludes halogenated alkanes) is 3. The van der Waals surface area contributed by atoms with Crippen LogP contribution in [0.2, 0.25) is 0 Å². The molecule has 0 atom stereocenters. The van der Waals surface area contributed by atoms with Crippen molar-refractivity contribution in [1.29, 1.82) is 0 Å². The third-order valence-electron chi connectivity index (χ3n) is 2.84. The van der Waals surface area contributed by atoms with Gasteiger partial charge in [0.15, 0.2) is 0 Å². The Morgan fingerprint density at radius 2 is 2.00 bits per heavy atom. The summed E-state index contributed by atoms with van der Waals surface area (Å²) in [4.78, 5) is 12.0. The predicted molar refractivity (Wildman–Crippen MR) is 80.1 cm³/mol. The third-order valence-corrected chi connectivity index (χ3v) is 2.84. The zero-order chi connectivity index (χ0) is 14.8. The summed E-state index contributed by atoms with van der Waals surface area (Å²) in [7, 11) is 0. The Hall–Kier alpha value is -1.55. The summed E-state index contributed by atoms with van der Waals surface area (Å²) < 4.78 is 5.57. The number of carbonyl (C=O) groups is 1. The standard InChI is InChI=1S/C16H25NO3/c1-13(2)20-15-9-7-8-14(12-15)16(19)17-10-5-3-4-6-11-18/h7-9,12-13,18H,3-6,10-11H2,1-2H3,(H,17,19). The average Bonchev–Trinajstić information content (AvgIpc) is 2.42. The highest BCUT2D eigenvalue weighted by molar-refractivity contribution is 5.94. The molecule has 0 unspecified atom stereocenters. The molecule has 1 rings (SSSR count). The topological polar surface area (TPSA) is 58.6 Å². The summed E-state index contributed by atoms with van der Waals surface area (Å²) in [5, 5.41) is 11.6. The molecule has 0 aliphatic heterocycles. The SMILES string of the molecule is CC(C)Oc1cccc(C(=O)NCCCCCCO)c1. The Labute approximate surface area is 121 Å². The summed E-state index contributed by atoms with van der Waals surface area (Å²) in [6, 6.07) is 7.23. The Morgan fingerprint density at radius 3 is 2.70 bits per heavy atom. The highest BCUT2D eigenvalue weighted by atomic mass is 16.5. The molecule has 4 heteroatoms. The number of aliphatic hydroxyl groups excluding tert-OH is 1. The first-order valence-corrected chi connectivity index (χ1v) is 7.29. The third kappa shape index (κ3) is 6.57. The van der Waals surface area contributed by atoms with Gasteiger partial charge in [-0.05, 0) is 44.9 Å². The molecule has 1 amide bonds. The molecule has 0 heterocycles. The van der Waals surface area contributed by atoms with Crippen LogP contribution in [0.3, 0.4) is 0 Å². The highest BCUT2D eigenvalue weighted by Crippen LogP contribution is 2.14. The van der Waals surface area contributed by atoms with Gasteiger partial charge in [-0.3, -0.25) is 4.79 Å². The minimum atomic E-state index is -0.0682. The minimum absolute atomic E-state index is 0.0682. The minimum Gasteiger partial charge on any atom is -0.491 e. The van der Waals surface area contributed by atoms with E-state index < -0.39 is 0 Å². The van der Waals surface area contributed by atoms with Gasteiger partial charge in [0.25, 0.3) is 5.91 Å². The molecule has 0 aromatic heterocycles. The zero-order valence-electron chi connectivity index (χ0n) is 12.4. The summed E-state index contributed by atoms with van der Waals surface area (Å²) in [6.07, 6.45) is 3.90. The van der Waals surface area contributed by atoms with Crippen molar-refractivity contribution in [2.24, 2.45) is 0 Å². The smallest absolute Gasteiger partial charge is 0.251 e. The molecule has 0 spiro atoms. The van der Waals surface area contributed by atoms with Crippen LogP contribution in [0.4, 0.5) is 0 Å². The van der Waals surface area contributed by atoms with Crippen LogP contribution in [-0.4, -0.2) is 30.3 Å². The predicted octanol–water partition coefficient (Wildman–Crippen LogP) is 2.76. The first kappa shape index (κ1) is 16.5. The molecule has 1 aromatic carbocycles. The van der Waals surface area contributed by atoms with E-state index in [2.05, 4.69) is 5.32 Å². The van der Waals surface area contributed by atoms with Crippen LogP contribution < -0.4 is 10.1 Å². The van der Waals surface area contributed by atoms with Crippen LogP contribution in [0.1, 0.15) is 49.9 Å². The molecule has 112 valence electrons. The van der Waals surface area contributed by atoms with E-state index in [0.29, 0.717) is 12.1 Å².